The molecular formula is C23H29ClN6O. The normalized spacial score (nSPS) is 21.4. The largest absolute Gasteiger partial charge is 0.394 e. The van der Waals surface area contributed by atoms with Gasteiger partial charge in [-0.1, -0.05) is 44.0 Å². The fourth-order valence-corrected chi connectivity index (χ4v) is 4.67. The number of nitrogens with zero attached hydrogens (tertiary/aromatic N) is 4. The Kier molecular flexibility index (Phi) is 6.43. The van der Waals surface area contributed by atoms with E-state index >= 15 is 0 Å². The average molecular weight is 441 g/mol. The number of hydrogen-bond acceptors (Lipinski definition) is 6. The van der Waals surface area contributed by atoms with Crippen LogP contribution in [0.2, 0.25) is 5.02 Å². The van der Waals surface area contributed by atoms with Gasteiger partial charge in [-0.15, -0.1) is 0 Å². The number of aliphatic hydroxyl groups excluding tert-OH is 1. The van der Waals surface area contributed by atoms with Crippen LogP contribution in [0, 0.1) is 11.8 Å². The Bertz CT molecular complexity index is 1080. The predicted octanol–water partition coefficient (Wildman–Crippen LogP) is 5.01. The lowest BCUT2D eigenvalue weighted by Crippen LogP contribution is -2.39. The topological polar surface area (TPSA) is 87.9 Å². The quantitative estimate of drug-likeness (QED) is 0.447. The highest BCUT2D eigenvalue weighted by Crippen LogP contribution is 2.36. The van der Waals surface area contributed by atoms with E-state index in [1.807, 2.05) is 18.2 Å². The molecule has 1 aliphatic carbocycles. The molecule has 0 amide bonds. The van der Waals surface area contributed by atoms with Crippen LogP contribution >= 0.6 is 11.6 Å². The van der Waals surface area contributed by atoms with Crippen LogP contribution in [0.3, 0.4) is 0 Å². The number of halogens is 1. The lowest BCUT2D eigenvalue weighted by atomic mass is 9.74. The van der Waals surface area contributed by atoms with Gasteiger partial charge in [-0.25, -0.2) is 4.98 Å². The third-order valence-corrected chi connectivity index (χ3v) is 6.34. The number of fused-ring (bicyclic) bond motifs is 1. The van der Waals surface area contributed by atoms with E-state index in [2.05, 4.69) is 46.1 Å². The van der Waals surface area contributed by atoms with Crippen LogP contribution in [0.15, 0.2) is 42.7 Å². The van der Waals surface area contributed by atoms with E-state index in [0.717, 1.165) is 35.9 Å². The summed E-state index contributed by atoms with van der Waals surface area (Å²) in [5, 5.41) is 21.9. The zero-order valence-electron chi connectivity index (χ0n) is 18.0. The number of benzene rings is 1. The summed E-state index contributed by atoms with van der Waals surface area (Å²) in [5.74, 6) is 2.09. The molecular weight excluding hydrogens is 412 g/mol. The maximum absolute atomic E-state index is 9.24. The molecule has 1 saturated carbocycles. The van der Waals surface area contributed by atoms with E-state index in [9.17, 15) is 5.11 Å². The van der Waals surface area contributed by atoms with Crippen molar-refractivity contribution < 1.29 is 5.11 Å². The molecule has 0 spiro atoms. The van der Waals surface area contributed by atoms with Gasteiger partial charge in [0.2, 0.25) is 5.95 Å². The van der Waals surface area contributed by atoms with Gasteiger partial charge < -0.3 is 15.7 Å². The first-order chi connectivity index (χ1) is 15.0. The van der Waals surface area contributed by atoms with Crippen LogP contribution in [-0.4, -0.2) is 37.5 Å². The molecule has 8 heteroatoms. The molecule has 0 aliphatic heterocycles. The van der Waals surface area contributed by atoms with Gasteiger partial charge in [0, 0.05) is 17.1 Å². The highest BCUT2D eigenvalue weighted by molar-refractivity contribution is 6.32. The summed E-state index contributed by atoms with van der Waals surface area (Å²) in [5.41, 5.74) is 3.10. The number of aliphatic hydroxyl groups is 1. The van der Waals surface area contributed by atoms with Gasteiger partial charge in [-0.05, 0) is 42.9 Å². The maximum Gasteiger partial charge on any atom is 0.229 e. The minimum Gasteiger partial charge on any atom is -0.394 e. The maximum atomic E-state index is 9.24. The van der Waals surface area contributed by atoms with Crippen molar-refractivity contribution in [2.24, 2.45) is 11.8 Å². The van der Waals surface area contributed by atoms with E-state index in [1.165, 1.54) is 5.57 Å². The molecule has 2 heterocycles. The fraction of sp³-hybridized carbons (Fsp3) is 0.435. The summed E-state index contributed by atoms with van der Waals surface area (Å²) in [6, 6.07) is 6.21. The fourth-order valence-electron chi connectivity index (χ4n) is 4.52. The van der Waals surface area contributed by atoms with Crippen LogP contribution < -0.4 is 10.6 Å². The van der Waals surface area contributed by atoms with Crippen molar-refractivity contribution in [3.05, 3.63) is 47.8 Å². The summed E-state index contributed by atoms with van der Waals surface area (Å²) in [6.45, 7) is 9.17. The van der Waals surface area contributed by atoms with E-state index in [-0.39, 0.29) is 6.61 Å². The Hall–Kier alpha value is -2.64. The van der Waals surface area contributed by atoms with Gasteiger partial charge in [0.1, 0.15) is 5.02 Å². The van der Waals surface area contributed by atoms with Crippen LogP contribution in [0.5, 0.6) is 0 Å². The Labute approximate surface area is 187 Å². The Balaban J connectivity index is 1.56. The molecule has 0 radical (unpaired) electrons. The smallest absolute Gasteiger partial charge is 0.229 e. The lowest BCUT2D eigenvalue weighted by molar-refractivity contribution is 0.271. The first kappa shape index (κ1) is 21.6. The molecule has 3 atom stereocenters. The van der Waals surface area contributed by atoms with Crippen molar-refractivity contribution in [2.45, 2.75) is 45.7 Å². The first-order valence-electron chi connectivity index (χ1n) is 10.8. The summed E-state index contributed by atoms with van der Waals surface area (Å²) in [7, 11) is 0. The summed E-state index contributed by atoms with van der Waals surface area (Å²) in [4.78, 5) is 9.01. The van der Waals surface area contributed by atoms with Crippen molar-refractivity contribution >= 4 is 40.0 Å². The van der Waals surface area contributed by atoms with Crippen LogP contribution in [0.4, 0.5) is 17.5 Å². The van der Waals surface area contributed by atoms with E-state index in [1.54, 1.807) is 17.1 Å². The minimum atomic E-state index is 0.0372. The summed E-state index contributed by atoms with van der Waals surface area (Å²) in [6.07, 6.45) is 6.55. The second-order valence-corrected chi connectivity index (χ2v) is 8.76. The van der Waals surface area contributed by atoms with Gasteiger partial charge in [-0.2, -0.15) is 10.1 Å². The van der Waals surface area contributed by atoms with Gasteiger partial charge in [0.15, 0.2) is 5.82 Å². The molecule has 0 saturated heterocycles. The molecule has 164 valence electrons. The third-order valence-electron chi connectivity index (χ3n) is 6.07. The molecule has 4 rings (SSSR count). The number of hydrogen-bond donors (Lipinski definition) is 3. The van der Waals surface area contributed by atoms with Crippen molar-refractivity contribution in [3.8, 4) is 0 Å². The highest BCUT2D eigenvalue weighted by Gasteiger charge is 2.32. The van der Waals surface area contributed by atoms with Crippen LogP contribution in [0.25, 0.3) is 10.9 Å². The zero-order valence-corrected chi connectivity index (χ0v) is 18.7. The minimum absolute atomic E-state index is 0.0372. The van der Waals surface area contributed by atoms with Crippen molar-refractivity contribution in [3.63, 3.8) is 0 Å². The first-order valence-corrected chi connectivity index (χ1v) is 11.2. The van der Waals surface area contributed by atoms with Crippen molar-refractivity contribution in [2.75, 3.05) is 17.2 Å². The van der Waals surface area contributed by atoms with Gasteiger partial charge in [0.25, 0.3) is 0 Å². The standard InChI is InChI=1S/C23H29ClN6O/c1-4-16-10-14(2)9-15(3)21(16)28-22-19(24)13-25-23(29-22)27-18-6-5-17-12-26-30(7-8-31)20(17)11-18/h5-6,11-13,15-16,21,31H,2,4,7-10H2,1,3H3,(H2,25,27,28,29). The average Bonchev–Trinajstić information content (AvgIpc) is 3.14. The van der Waals surface area contributed by atoms with Gasteiger partial charge >= 0.3 is 0 Å². The Morgan fingerprint density at radius 2 is 2.13 bits per heavy atom. The molecule has 7 nitrogen and oxygen atoms in total. The number of nitrogens with one attached hydrogen (secondary N) is 2. The van der Waals surface area contributed by atoms with E-state index < -0.39 is 0 Å². The molecule has 3 unspecified atom stereocenters. The molecule has 3 N–H and O–H groups in total. The zero-order chi connectivity index (χ0) is 22.0. The molecule has 2 aromatic heterocycles. The lowest BCUT2D eigenvalue weighted by Gasteiger charge is -2.38. The molecule has 1 aromatic carbocycles. The molecule has 1 aliphatic rings. The van der Waals surface area contributed by atoms with E-state index in [0.29, 0.717) is 41.2 Å². The van der Waals surface area contributed by atoms with Crippen molar-refractivity contribution in [1.82, 2.24) is 19.7 Å². The van der Waals surface area contributed by atoms with Crippen molar-refractivity contribution in [1.29, 1.82) is 0 Å². The molecule has 3 aromatic rings. The van der Waals surface area contributed by atoms with E-state index in [4.69, 9.17) is 11.6 Å². The predicted molar refractivity (Wildman–Crippen MR) is 126 cm³/mol. The Morgan fingerprint density at radius 1 is 1.29 bits per heavy atom. The monoisotopic (exact) mass is 440 g/mol. The Morgan fingerprint density at radius 3 is 2.90 bits per heavy atom. The summed E-state index contributed by atoms with van der Waals surface area (Å²) < 4.78 is 1.78. The highest BCUT2D eigenvalue weighted by atomic mass is 35.5. The third kappa shape index (κ3) is 4.67. The SMILES string of the molecule is C=C1CC(C)C(Nc2nc(Nc3ccc4cnn(CCO)c4c3)ncc2Cl)C(CC)C1. The van der Waals surface area contributed by atoms with Crippen LogP contribution in [-0.2, 0) is 6.54 Å². The molecule has 0 bridgehead atoms. The van der Waals surface area contributed by atoms with Gasteiger partial charge in [0.05, 0.1) is 31.1 Å². The van der Waals surface area contributed by atoms with Gasteiger partial charge in [-0.3, -0.25) is 4.68 Å². The molecule has 31 heavy (non-hydrogen) atoms. The second kappa shape index (κ2) is 9.24. The second-order valence-electron chi connectivity index (χ2n) is 8.35. The number of aromatic nitrogens is 4. The van der Waals surface area contributed by atoms with Crippen LogP contribution in [0.1, 0.15) is 33.1 Å². The number of allylic oxidation sites excluding steroid dienone is 1. The molecule has 1 fully saturated rings. The number of rotatable bonds is 7. The summed E-state index contributed by atoms with van der Waals surface area (Å²) >= 11 is 6.44. The number of anilines is 3.